The van der Waals surface area contributed by atoms with E-state index in [2.05, 4.69) is 10.7 Å². The number of thiophene rings is 1. The molecule has 0 spiro atoms. The number of rotatable bonds is 6. The van der Waals surface area contributed by atoms with Gasteiger partial charge in [-0.1, -0.05) is 17.7 Å². The minimum atomic E-state index is -0.947. The van der Waals surface area contributed by atoms with Gasteiger partial charge in [-0.3, -0.25) is 24.5 Å². The molecule has 0 fully saturated rings. The number of aryl methyl sites for hydroxylation is 1. The van der Waals surface area contributed by atoms with Gasteiger partial charge in [0.25, 0.3) is 0 Å². The number of carboxylic acid groups (broad SMARTS) is 1. The second-order valence-corrected chi connectivity index (χ2v) is 7.20. The molecule has 3 rings (SSSR count). The molecule has 0 saturated carbocycles. The van der Waals surface area contributed by atoms with Crippen molar-refractivity contribution in [2.45, 2.75) is 12.8 Å². The van der Waals surface area contributed by atoms with Crippen molar-refractivity contribution >= 4 is 46.4 Å². The molecule has 2 aromatic heterocycles. The monoisotopic (exact) mass is 417 g/mol. The van der Waals surface area contributed by atoms with Crippen LogP contribution in [0.2, 0.25) is 5.02 Å². The molecular weight excluding hydrogens is 402 g/mol. The molecular formula is C19H16ClN3O4S. The maximum atomic E-state index is 12.4. The lowest BCUT2D eigenvalue weighted by molar-refractivity contribution is -0.137. The first-order chi connectivity index (χ1) is 13.4. The van der Waals surface area contributed by atoms with Crippen LogP contribution in [0.3, 0.4) is 0 Å². The van der Waals surface area contributed by atoms with Crippen molar-refractivity contribution in [3.05, 3.63) is 64.6 Å². The van der Waals surface area contributed by atoms with E-state index in [-0.39, 0.29) is 12.8 Å². The van der Waals surface area contributed by atoms with Crippen LogP contribution in [0, 0.1) is 0 Å². The number of hydrogen-bond donors (Lipinski definition) is 3. The second kappa shape index (κ2) is 8.73. The van der Waals surface area contributed by atoms with E-state index in [1.807, 2.05) is 17.5 Å². The highest BCUT2D eigenvalue weighted by molar-refractivity contribution is 7.13. The van der Waals surface area contributed by atoms with Crippen LogP contribution in [0.5, 0.6) is 0 Å². The van der Waals surface area contributed by atoms with Gasteiger partial charge < -0.3 is 10.4 Å². The quantitative estimate of drug-likeness (QED) is 0.533. The second-order valence-electron chi connectivity index (χ2n) is 5.82. The first kappa shape index (κ1) is 19.7. The van der Waals surface area contributed by atoms with Crippen molar-refractivity contribution in [3.63, 3.8) is 0 Å². The minimum absolute atomic E-state index is 0.0965. The molecule has 0 atom stereocenters. The van der Waals surface area contributed by atoms with Crippen LogP contribution in [0.25, 0.3) is 10.6 Å². The van der Waals surface area contributed by atoms with Gasteiger partial charge in [-0.05, 0) is 47.8 Å². The highest BCUT2D eigenvalue weighted by Gasteiger charge is 2.19. The number of anilines is 1. The molecule has 1 aromatic carbocycles. The van der Waals surface area contributed by atoms with Crippen molar-refractivity contribution < 1.29 is 19.5 Å². The number of aromatic nitrogens is 1. The van der Waals surface area contributed by atoms with E-state index in [1.165, 1.54) is 16.0 Å². The van der Waals surface area contributed by atoms with E-state index in [9.17, 15) is 14.4 Å². The maximum absolute atomic E-state index is 12.4. The summed E-state index contributed by atoms with van der Waals surface area (Å²) in [7, 11) is 0. The number of nitrogens with zero attached hydrogens (tertiary/aromatic N) is 1. The molecule has 0 bridgehead atoms. The molecule has 2 amide bonds. The molecule has 0 saturated heterocycles. The Labute approximate surface area is 169 Å². The Morgan fingerprint density at radius 3 is 2.43 bits per heavy atom. The lowest BCUT2D eigenvalue weighted by Crippen LogP contribution is -2.35. The molecule has 0 aliphatic rings. The molecule has 3 N–H and O–H groups in total. The SMILES string of the molecule is O=C(O)CCc1ccc(-c2cccs2)n1NC(=O)C(=O)Nc1ccc(Cl)cc1. The molecule has 9 heteroatoms. The van der Waals surface area contributed by atoms with Gasteiger partial charge in [0.2, 0.25) is 0 Å². The molecule has 144 valence electrons. The number of aliphatic carboxylic acids is 1. The number of carboxylic acids is 1. The Balaban J connectivity index is 1.79. The van der Waals surface area contributed by atoms with Crippen molar-refractivity contribution in [1.29, 1.82) is 0 Å². The Kier molecular flexibility index (Phi) is 6.13. The normalized spacial score (nSPS) is 10.5. The third kappa shape index (κ3) is 4.79. The molecule has 28 heavy (non-hydrogen) atoms. The molecule has 0 radical (unpaired) electrons. The number of nitrogens with one attached hydrogen (secondary N) is 2. The van der Waals surface area contributed by atoms with Gasteiger partial charge in [-0.15, -0.1) is 11.3 Å². The van der Waals surface area contributed by atoms with Gasteiger partial charge in [-0.25, -0.2) is 0 Å². The number of carbonyl (C=O) groups is 3. The highest BCUT2D eigenvalue weighted by Crippen LogP contribution is 2.26. The zero-order valence-electron chi connectivity index (χ0n) is 14.5. The average Bonchev–Trinajstić information content (AvgIpc) is 3.31. The van der Waals surface area contributed by atoms with Crippen molar-refractivity contribution in [1.82, 2.24) is 4.68 Å². The summed E-state index contributed by atoms with van der Waals surface area (Å²) in [6.45, 7) is 0. The zero-order valence-corrected chi connectivity index (χ0v) is 16.1. The Bertz CT molecular complexity index is 997. The van der Waals surface area contributed by atoms with Crippen LogP contribution >= 0.6 is 22.9 Å². The summed E-state index contributed by atoms with van der Waals surface area (Å²) in [5.41, 5.74) is 4.24. The predicted octanol–water partition coefficient (Wildman–Crippen LogP) is 3.60. The molecule has 0 aliphatic carbocycles. The number of carbonyl (C=O) groups excluding carboxylic acids is 2. The van der Waals surface area contributed by atoms with E-state index in [0.29, 0.717) is 22.1 Å². The van der Waals surface area contributed by atoms with Crippen LogP contribution in [0.4, 0.5) is 5.69 Å². The van der Waals surface area contributed by atoms with E-state index in [1.54, 1.807) is 36.4 Å². The van der Waals surface area contributed by atoms with Crippen LogP contribution in [0.15, 0.2) is 53.9 Å². The summed E-state index contributed by atoms with van der Waals surface area (Å²) in [6.07, 6.45) is 0.112. The fourth-order valence-corrected chi connectivity index (χ4v) is 3.40. The van der Waals surface area contributed by atoms with Gasteiger partial charge in [0.15, 0.2) is 0 Å². The fourth-order valence-electron chi connectivity index (χ4n) is 2.53. The van der Waals surface area contributed by atoms with E-state index >= 15 is 0 Å². The van der Waals surface area contributed by atoms with Crippen molar-refractivity contribution in [2.24, 2.45) is 0 Å². The highest BCUT2D eigenvalue weighted by atomic mass is 35.5. The third-order valence-corrected chi connectivity index (χ3v) is 5.00. The van der Waals surface area contributed by atoms with E-state index < -0.39 is 17.8 Å². The number of hydrogen-bond acceptors (Lipinski definition) is 4. The number of amides is 2. The van der Waals surface area contributed by atoms with E-state index in [4.69, 9.17) is 16.7 Å². The molecule has 7 nitrogen and oxygen atoms in total. The Morgan fingerprint density at radius 2 is 1.79 bits per heavy atom. The van der Waals surface area contributed by atoms with Crippen molar-refractivity contribution in [3.8, 4) is 10.6 Å². The Morgan fingerprint density at radius 1 is 1.04 bits per heavy atom. The molecule has 0 aliphatic heterocycles. The summed E-state index contributed by atoms with van der Waals surface area (Å²) in [4.78, 5) is 36.4. The smallest absolute Gasteiger partial charge is 0.328 e. The Hall–Kier alpha value is -3.10. The topological polar surface area (TPSA) is 100 Å². The summed E-state index contributed by atoms with van der Waals surface area (Å²) in [6, 6.07) is 13.6. The van der Waals surface area contributed by atoms with Crippen molar-refractivity contribution in [2.75, 3.05) is 10.7 Å². The predicted molar refractivity (Wildman–Crippen MR) is 108 cm³/mol. The summed E-state index contributed by atoms with van der Waals surface area (Å²) in [5, 5.41) is 13.8. The standard InChI is InChI=1S/C19H16ClN3O4S/c20-12-3-5-13(6-4-12)21-18(26)19(27)22-23-14(8-10-17(24)25)7-9-15(23)16-2-1-11-28-16/h1-7,9,11H,8,10H2,(H,21,26)(H,22,27)(H,24,25). The van der Waals surface area contributed by atoms with Gasteiger partial charge >= 0.3 is 17.8 Å². The number of halogens is 1. The molecule has 0 unspecified atom stereocenters. The number of benzene rings is 1. The fraction of sp³-hybridized carbons (Fsp3) is 0.105. The molecule has 2 heterocycles. The summed E-state index contributed by atoms with van der Waals surface area (Å²) in [5.74, 6) is -2.67. The minimum Gasteiger partial charge on any atom is -0.481 e. The summed E-state index contributed by atoms with van der Waals surface area (Å²) < 4.78 is 1.46. The largest absolute Gasteiger partial charge is 0.481 e. The first-order valence-electron chi connectivity index (χ1n) is 8.28. The zero-order chi connectivity index (χ0) is 20.1. The average molecular weight is 418 g/mol. The molecule has 3 aromatic rings. The van der Waals surface area contributed by atoms with E-state index in [0.717, 1.165) is 4.88 Å². The van der Waals surface area contributed by atoms with Crippen LogP contribution in [-0.4, -0.2) is 27.6 Å². The van der Waals surface area contributed by atoms with Crippen LogP contribution in [-0.2, 0) is 20.8 Å². The lowest BCUT2D eigenvalue weighted by Gasteiger charge is -2.14. The van der Waals surface area contributed by atoms with Crippen LogP contribution in [0.1, 0.15) is 12.1 Å². The van der Waals surface area contributed by atoms with Crippen LogP contribution < -0.4 is 10.7 Å². The van der Waals surface area contributed by atoms with Gasteiger partial charge in [0.1, 0.15) is 0 Å². The van der Waals surface area contributed by atoms with Gasteiger partial charge in [0, 0.05) is 22.8 Å². The van der Waals surface area contributed by atoms with Gasteiger partial charge in [0.05, 0.1) is 17.0 Å². The van der Waals surface area contributed by atoms with Gasteiger partial charge in [-0.2, -0.15) is 0 Å². The maximum Gasteiger partial charge on any atom is 0.328 e. The first-order valence-corrected chi connectivity index (χ1v) is 9.54. The third-order valence-electron chi connectivity index (χ3n) is 3.85. The lowest BCUT2D eigenvalue weighted by atomic mass is 10.2. The summed E-state index contributed by atoms with van der Waals surface area (Å²) >= 11 is 7.27.